The summed E-state index contributed by atoms with van der Waals surface area (Å²) in [5.41, 5.74) is 1.46. The summed E-state index contributed by atoms with van der Waals surface area (Å²) < 4.78 is 0.970. The van der Waals surface area contributed by atoms with Gasteiger partial charge < -0.3 is 10.2 Å². The van der Waals surface area contributed by atoms with Crippen molar-refractivity contribution in [1.29, 1.82) is 0 Å². The maximum atomic E-state index is 12.4. The van der Waals surface area contributed by atoms with Gasteiger partial charge in [0, 0.05) is 29.7 Å². The molecule has 5 heteroatoms. The molecule has 0 radical (unpaired) electrons. The van der Waals surface area contributed by atoms with Gasteiger partial charge in [0.1, 0.15) is 0 Å². The van der Waals surface area contributed by atoms with E-state index in [2.05, 4.69) is 21.2 Å². The number of halogens is 1. The van der Waals surface area contributed by atoms with Gasteiger partial charge in [-0.3, -0.25) is 9.59 Å². The zero-order valence-electron chi connectivity index (χ0n) is 14.3. The van der Waals surface area contributed by atoms with Crippen molar-refractivity contribution in [2.24, 2.45) is 5.92 Å². The van der Waals surface area contributed by atoms with E-state index in [4.69, 9.17) is 0 Å². The van der Waals surface area contributed by atoms with Crippen LogP contribution in [0.25, 0.3) is 0 Å². The van der Waals surface area contributed by atoms with Crippen molar-refractivity contribution in [3.8, 4) is 0 Å². The highest BCUT2D eigenvalue weighted by Crippen LogP contribution is 2.61. The molecule has 0 aromatic heterocycles. The minimum atomic E-state index is -0.470. The Morgan fingerprint density at radius 3 is 2.61 bits per heavy atom. The first kappa shape index (κ1) is 18.0. The Kier molecular flexibility index (Phi) is 5.50. The van der Waals surface area contributed by atoms with Crippen molar-refractivity contribution in [2.75, 3.05) is 18.4 Å². The lowest BCUT2D eigenvalue weighted by Gasteiger charge is -2.19. The Morgan fingerprint density at radius 1 is 1.35 bits per heavy atom. The van der Waals surface area contributed by atoms with Crippen molar-refractivity contribution in [3.63, 3.8) is 0 Å². The topological polar surface area (TPSA) is 49.4 Å². The predicted molar refractivity (Wildman–Crippen MR) is 96.4 cm³/mol. The van der Waals surface area contributed by atoms with Crippen LogP contribution in [0.2, 0.25) is 0 Å². The lowest BCUT2D eigenvalue weighted by molar-refractivity contribution is -0.131. The predicted octanol–water partition coefficient (Wildman–Crippen LogP) is 3.94. The van der Waals surface area contributed by atoms with Crippen LogP contribution in [0.3, 0.4) is 0 Å². The zero-order chi connectivity index (χ0) is 17.2. The quantitative estimate of drug-likeness (QED) is 0.859. The molecule has 1 aliphatic carbocycles. The highest BCUT2D eigenvalue weighted by Gasteiger charge is 2.64. The molecule has 126 valence electrons. The summed E-state index contributed by atoms with van der Waals surface area (Å²) >= 11 is 3.47. The number of anilines is 1. The Morgan fingerprint density at radius 2 is 2.00 bits per heavy atom. The summed E-state index contributed by atoms with van der Waals surface area (Å²) in [5, 5.41) is 2.95. The van der Waals surface area contributed by atoms with Gasteiger partial charge in [-0.25, -0.2) is 0 Å². The van der Waals surface area contributed by atoms with Crippen molar-refractivity contribution >= 4 is 33.4 Å². The standard InChI is InChI=1S/C16H19BrN2O2.C2H6/c1-3-19(4-2)14(20)7-10-9-16(10)12-8-11(17)5-6-13(12)18-15(16)21;1-2/h5-6,8,10H,3-4,7,9H2,1-2H3,(H,18,21);1-2H3. The van der Waals surface area contributed by atoms with Gasteiger partial charge in [-0.15, -0.1) is 0 Å². The second-order valence-corrected chi connectivity index (χ2v) is 6.70. The molecule has 23 heavy (non-hydrogen) atoms. The molecule has 3 rings (SSSR count). The second-order valence-electron chi connectivity index (χ2n) is 5.79. The molecule has 1 aliphatic heterocycles. The number of hydrogen-bond donors (Lipinski definition) is 1. The molecule has 1 N–H and O–H groups in total. The maximum Gasteiger partial charge on any atom is 0.235 e. The van der Waals surface area contributed by atoms with Crippen LogP contribution in [0.1, 0.15) is 46.1 Å². The maximum absolute atomic E-state index is 12.4. The number of hydrogen-bond acceptors (Lipinski definition) is 2. The van der Waals surface area contributed by atoms with Crippen LogP contribution < -0.4 is 5.32 Å². The summed E-state index contributed by atoms with van der Waals surface area (Å²) in [7, 11) is 0. The monoisotopic (exact) mass is 380 g/mol. The van der Waals surface area contributed by atoms with Crippen LogP contribution in [-0.4, -0.2) is 29.8 Å². The van der Waals surface area contributed by atoms with Crippen molar-refractivity contribution < 1.29 is 9.59 Å². The van der Waals surface area contributed by atoms with E-state index in [1.165, 1.54) is 0 Å². The fourth-order valence-electron chi connectivity index (χ4n) is 3.45. The summed E-state index contributed by atoms with van der Waals surface area (Å²) in [6.45, 7) is 9.42. The van der Waals surface area contributed by atoms with Crippen LogP contribution in [0, 0.1) is 5.92 Å². The number of nitrogens with one attached hydrogen (secondary N) is 1. The molecule has 0 bridgehead atoms. The fourth-order valence-corrected chi connectivity index (χ4v) is 3.81. The van der Waals surface area contributed by atoms with Crippen LogP contribution in [0.15, 0.2) is 22.7 Å². The SMILES string of the molecule is CC.CCN(CC)C(=O)CC1CC12C(=O)Nc1ccc(Br)cc12. The molecule has 2 aliphatic rings. The lowest BCUT2D eigenvalue weighted by atomic mass is 9.93. The van der Waals surface area contributed by atoms with Crippen molar-refractivity contribution in [2.45, 2.75) is 46.0 Å². The molecule has 1 aromatic carbocycles. The molecule has 1 spiro atoms. The molecule has 1 fully saturated rings. The Labute approximate surface area is 146 Å². The van der Waals surface area contributed by atoms with Crippen LogP contribution in [-0.2, 0) is 15.0 Å². The summed E-state index contributed by atoms with van der Waals surface area (Å²) in [6.07, 6.45) is 1.23. The molecule has 0 saturated heterocycles. The third-order valence-electron chi connectivity index (χ3n) is 4.76. The van der Waals surface area contributed by atoms with E-state index in [1.807, 2.05) is 50.8 Å². The molecule has 2 unspecified atom stereocenters. The summed E-state index contributed by atoms with van der Waals surface area (Å²) in [6, 6.07) is 5.86. The van der Waals surface area contributed by atoms with Gasteiger partial charge in [0.2, 0.25) is 11.8 Å². The average molecular weight is 381 g/mol. The smallest absolute Gasteiger partial charge is 0.235 e. The van der Waals surface area contributed by atoms with E-state index in [0.717, 1.165) is 35.2 Å². The van der Waals surface area contributed by atoms with Crippen LogP contribution in [0.5, 0.6) is 0 Å². The van der Waals surface area contributed by atoms with Crippen molar-refractivity contribution in [1.82, 2.24) is 4.90 Å². The zero-order valence-corrected chi connectivity index (χ0v) is 15.9. The largest absolute Gasteiger partial charge is 0.343 e. The first-order valence-electron chi connectivity index (χ1n) is 8.42. The average Bonchev–Trinajstić information content (AvgIpc) is 3.20. The number of fused-ring (bicyclic) bond motifs is 2. The molecular formula is C18H25BrN2O2. The molecule has 1 aromatic rings. The molecule has 1 heterocycles. The van der Waals surface area contributed by atoms with Crippen LogP contribution in [0.4, 0.5) is 5.69 Å². The van der Waals surface area contributed by atoms with E-state index in [1.54, 1.807) is 0 Å². The molecule has 2 amide bonds. The second kappa shape index (κ2) is 7.04. The molecular weight excluding hydrogens is 356 g/mol. The molecule has 2 atom stereocenters. The van der Waals surface area contributed by atoms with Gasteiger partial charge in [-0.2, -0.15) is 0 Å². The van der Waals surface area contributed by atoms with Gasteiger partial charge >= 0.3 is 0 Å². The number of amides is 2. The third-order valence-corrected chi connectivity index (χ3v) is 5.25. The van der Waals surface area contributed by atoms with E-state index in [0.29, 0.717) is 6.42 Å². The van der Waals surface area contributed by atoms with Gasteiger partial charge in [0.25, 0.3) is 0 Å². The highest BCUT2D eigenvalue weighted by molar-refractivity contribution is 9.10. The van der Waals surface area contributed by atoms with E-state index >= 15 is 0 Å². The minimum Gasteiger partial charge on any atom is -0.343 e. The Bertz CT molecular complexity index is 613. The molecule has 4 nitrogen and oxygen atoms in total. The first-order valence-corrected chi connectivity index (χ1v) is 9.21. The van der Waals surface area contributed by atoms with Gasteiger partial charge in [0.15, 0.2) is 0 Å². The van der Waals surface area contributed by atoms with Gasteiger partial charge in [-0.05, 0) is 49.9 Å². The third kappa shape index (κ3) is 3.03. The van der Waals surface area contributed by atoms with Crippen LogP contribution >= 0.6 is 15.9 Å². The fraction of sp³-hybridized carbons (Fsp3) is 0.556. The molecule has 1 saturated carbocycles. The Hall–Kier alpha value is -1.36. The number of nitrogens with zero attached hydrogens (tertiary/aromatic N) is 1. The lowest BCUT2D eigenvalue weighted by Crippen LogP contribution is -2.32. The number of rotatable bonds is 4. The van der Waals surface area contributed by atoms with Crippen molar-refractivity contribution in [3.05, 3.63) is 28.2 Å². The highest BCUT2D eigenvalue weighted by atomic mass is 79.9. The Balaban J connectivity index is 0.000000924. The van der Waals surface area contributed by atoms with Gasteiger partial charge in [-0.1, -0.05) is 29.8 Å². The number of carbonyl (C=O) groups is 2. The van der Waals surface area contributed by atoms with E-state index < -0.39 is 5.41 Å². The minimum absolute atomic E-state index is 0.0490. The van der Waals surface area contributed by atoms with E-state index in [9.17, 15) is 9.59 Å². The number of benzene rings is 1. The first-order chi connectivity index (χ1) is 11.0. The number of carbonyl (C=O) groups excluding carboxylic acids is 2. The van der Waals surface area contributed by atoms with Gasteiger partial charge in [0.05, 0.1) is 5.41 Å². The van der Waals surface area contributed by atoms with E-state index in [-0.39, 0.29) is 17.7 Å². The normalized spacial score (nSPS) is 23.7. The summed E-state index contributed by atoms with van der Waals surface area (Å²) in [5.74, 6) is 0.326. The summed E-state index contributed by atoms with van der Waals surface area (Å²) in [4.78, 5) is 26.5.